The number of methoxy groups -OCH3 is 2. The maximum absolute atomic E-state index is 15.7. The van der Waals surface area contributed by atoms with Crippen LogP contribution in [0.4, 0.5) is 4.39 Å². The molecule has 3 aromatic rings. The molecule has 5 rings (SSSR count). The van der Waals surface area contributed by atoms with E-state index < -0.39 is 48.1 Å². The monoisotopic (exact) mass is 688 g/mol. The number of fused-ring (bicyclic) bond motifs is 1. The second kappa shape index (κ2) is 13.1. The van der Waals surface area contributed by atoms with Crippen LogP contribution in [0, 0.1) is 18.7 Å². The van der Waals surface area contributed by atoms with Crippen molar-refractivity contribution in [3.8, 4) is 17.2 Å². The molecule has 0 radical (unpaired) electrons. The first kappa shape index (κ1) is 35.9. The van der Waals surface area contributed by atoms with Crippen LogP contribution in [-0.2, 0) is 42.3 Å². The van der Waals surface area contributed by atoms with Crippen LogP contribution in [0.5, 0.6) is 17.2 Å². The number of aromatic nitrogens is 2. The van der Waals surface area contributed by atoms with E-state index in [1.807, 2.05) is 48.5 Å². The minimum absolute atomic E-state index is 0.0161. The van der Waals surface area contributed by atoms with Crippen molar-refractivity contribution in [2.24, 2.45) is 5.92 Å². The summed E-state index contributed by atoms with van der Waals surface area (Å²) in [5.74, 6) is 0.632. The topological polar surface area (TPSA) is 116 Å². The number of benzene rings is 2. The zero-order valence-corrected chi connectivity index (χ0v) is 30.2. The molecular weight excluding hydrogens is 642 g/mol. The van der Waals surface area contributed by atoms with Crippen LogP contribution < -0.4 is 25.2 Å². The van der Waals surface area contributed by atoms with E-state index in [0.717, 1.165) is 4.57 Å². The molecule has 1 fully saturated rings. The van der Waals surface area contributed by atoms with Crippen LogP contribution in [0.2, 0.25) is 0 Å². The van der Waals surface area contributed by atoms with Crippen molar-refractivity contribution in [1.29, 1.82) is 0 Å². The van der Waals surface area contributed by atoms with Crippen LogP contribution in [0.3, 0.4) is 0 Å². The predicted molar refractivity (Wildman–Crippen MR) is 179 cm³/mol. The number of rotatable bonds is 8. The van der Waals surface area contributed by atoms with Crippen molar-refractivity contribution in [1.82, 2.24) is 9.13 Å². The van der Waals surface area contributed by atoms with Gasteiger partial charge < -0.3 is 18.7 Å². The van der Waals surface area contributed by atoms with E-state index in [1.165, 1.54) is 25.0 Å². The highest BCUT2D eigenvalue weighted by atomic mass is 31.2. The zero-order valence-electron chi connectivity index (χ0n) is 29.3. The molecule has 2 aromatic carbocycles. The first-order valence-corrected chi connectivity index (χ1v) is 17.5. The molecule has 0 aliphatic carbocycles. The van der Waals surface area contributed by atoms with Crippen LogP contribution in [0.1, 0.15) is 88.9 Å². The number of phosphoric ester groups is 1. The summed E-state index contributed by atoms with van der Waals surface area (Å²) < 4.78 is 66.2. The molecule has 262 valence electrons. The van der Waals surface area contributed by atoms with Gasteiger partial charge in [0, 0.05) is 17.3 Å². The zero-order chi connectivity index (χ0) is 35.3. The van der Waals surface area contributed by atoms with Gasteiger partial charge in [-0.2, -0.15) is 0 Å². The third kappa shape index (κ3) is 6.99. The Labute approximate surface area is 280 Å². The summed E-state index contributed by atoms with van der Waals surface area (Å²) in [4.78, 5) is 26.8. The third-order valence-electron chi connectivity index (χ3n) is 8.90. The summed E-state index contributed by atoms with van der Waals surface area (Å²) >= 11 is 0. The average molecular weight is 689 g/mol. The van der Waals surface area contributed by atoms with Gasteiger partial charge in [0.25, 0.3) is 5.56 Å². The first-order valence-electron chi connectivity index (χ1n) is 16.0. The van der Waals surface area contributed by atoms with Crippen molar-refractivity contribution >= 4 is 7.82 Å². The largest absolute Gasteiger partial charge is 0.530 e. The lowest BCUT2D eigenvalue weighted by molar-refractivity contribution is -0.0335. The molecule has 0 saturated carbocycles. The second-order valence-corrected chi connectivity index (χ2v) is 16.2. The maximum Gasteiger partial charge on any atom is 0.530 e. The highest BCUT2D eigenvalue weighted by molar-refractivity contribution is 7.49. The van der Waals surface area contributed by atoms with Crippen molar-refractivity contribution in [2.45, 2.75) is 98.1 Å². The summed E-state index contributed by atoms with van der Waals surface area (Å²) in [6.45, 7) is 14.9. The molecule has 3 heterocycles. The van der Waals surface area contributed by atoms with Gasteiger partial charge in [0.05, 0.1) is 45.6 Å². The molecule has 0 amide bonds. The summed E-state index contributed by atoms with van der Waals surface area (Å²) in [5, 5.41) is 0. The Balaban J connectivity index is 1.35. The van der Waals surface area contributed by atoms with Gasteiger partial charge in [-0.25, -0.2) is 13.8 Å². The fourth-order valence-electron chi connectivity index (χ4n) is 6.05. The highest BCUT2D eigenvalue weighted by Gasteiger charge is 2.43. The van der Waals surface area contributed by atoms with Gasteiger partial charge in [0.15, 0.2) is 11.5 Å². The molecule has 0 bridgehead atoms. The summed E-state index contributed by atoms with van der Waals surface area (Å²) in [7, 11) is -1.11. The lowest BCUT2D eigenvalue weighted by atomic mass is 9.78. The Morgan fingerprint density at radius 3 is 2.29 bits per heavy atom. The lowest BCUT2D eigenvalue weighted by Crippen LogP contribution is -2.42. The van der Waals surface area contributed by atoms with Gasteiger partial charge >= 0.3 is 13.5 Å². The van der Waals surface area contributed by atoms with E-state index in [9.17, 15) is 14.2 Å². The molecule has 4 unspecified atom stereocenters. The number of phosphoric acid groups is 1. The molecular formula is C35H46FN2O9P. The Kier molecular flexibility index (Phi) is 9.80. The molecule has 2 aliphatic rings. The first-order chi connectivity index (χ1) is 22.4. The number of aryl methyl sites for hydroxylation is 1. The van der Waals surface area contributed by atoms with Crippen molar-refractivity contribution in [3.63, 3.8) is 0 Å². The third-order valence-corrected chi connectivity index (χ3v) is 10.2. The van der Waals surface area contributed by atoms with Crippen LogP contribution in [0.15, 0.2) is 40.1 Å². The molecule has 4 atom stereocenters. The Hall–Kier alpha value is -3.44. The molecule has 1 aromatic heterocycles. The maximum atomic E-state index is 15.7. The average Bonchev–Trinajstić information content (AvgIpc) is 3.38. The number of ether oxygens (including phenoxy) is 3. The molecule has 2 aliphatic heterocycles. The van der Waals surface area contributed by atoms with E-state index in [0.29, 0.717) is 40.2 Å². The quantitative estimate of drug-likeness (QED) is 0.236. The SMILES string of the molecule is COc1ccc(Cn2c(=O)c(C)cn(C3CC(C)C(COP4(=O)OCc5c(F)c(C(C)(C)C)cc(C(C)(C)C)c5O4)O3)c2=O)cc1OC. The van der Waals surface area contributed by atoms with E-state index >= 15 is 4.39 Å². The molecule has 0 N–H and O–H groups in total. The van der Waals surface area contributed by atoms with Crippen LogP contribution in [0.25, 0.3) is 0 Å². The van der Waals surface area contributed by atoms with Gasteiger partial charge in [-0.05, 0) is 59.4 Å². The molecule has 11 nitrogen and oxygen atoms in total. The lowest BCUT2D eigenvalue weighted by Gasteiger charge is -2.33. The van der Waals surface area contributed by atoms with Crippen molar-refractivity contribution in [2.75, 3.05) is 20.8 Å². The number of hydrogen-bond donors (Lipinski definition) is 0. The van der Waals surface area contributed by atoms with E-state index in [-0.39, 0.29) is 37.0 Å². The van der Waals surface area contributed by atoms with E-state index in [2.05, 4.69) is 0 Å². The summed E-state index contributed by atoms with van der Waals surface area (Å²) in [5.41, 5.74) is 0.629. The summed E-state index contributed by atoms with van der Waals surface area (Å²) in [6.07, 6.45) is 0.655. The van der Waals surface area contributed by atoms with Gasteiger partial charge in [0.1, 0.15) is 17.8 Å². The number of hydrogen-bond acceptors (Lipinski definition) is 9. The Morgan fingerprint density at radius 2 is 1.67 bits per heavy atom. The normalized spacial score (nSPS) is 22.7. The van der Waals surface area contributed by atoms with Crippen molar-refractivity contribution in [3.05, 3.63) is 84.9 Å². The standard InChI is InChI=1S/C35H46FN2O9P/c1-20-13-29(37-16-21(2)32(39)38(33(37)40)17-22-11-12-26(42-9)27(14-22)43-10)46-28(20)19-45-48(41)44-18-23-30(36)24(34(3,4)5)15-25(31(23)47-48)35(6,7)8/h11-12,14-16,20,28-29H,13,17-19H2,1-10H3. The van der Waals surface area contributed by atoms with Gasteiger partial charge in [-0.3, -0.25) is 23.0 Å². The minimum Gasteiger partial charge on any atom is -0.493 e. The minimum atomic E-state index is -4.15. The van der Waals surface area contributed by atoms with Crippen LogP contribution >= 0.6 is 7.82 Å². The second-order valence-electron chi connectivity index (χ2n) is 14.6. The van der Waals surface area contributed by atoms with E-state index in [1.54, 1.807) is 31.2 Å². The van der Waals surface area contributed by atoms with Gasteiger partial charge in [-0.1, -0.05) is 54.5 Å². The Morgan fingerprint density at radius 1 is 1.00 bits per heavy atom. The van der Waals surface area contributed by atoms with Gasteiger partial charge in [-0.15, -0.1) is 0 Å². The smallest absolute Gasteiger partial charge is 0.493 e. The van der Waals surface area contributed by atoms with E-state index in [4.69, 9.17) is 27.8 Å². The molecule has 48 heavy (non-hydrogen) atoms. The predicted octanol–water partition coefficient (Wildman–Crippen LogP) is 6.78. The molecule has 1 saturated heterocycles. The van der Waals surface area contributed by atoms with Gasteiger partial charge in [0.2, 0.25) is 0 Å². The summed E-state index contributed by atoms with van der Waals surface area (Å²) in [6, 6.07) is 6.98. The van der Waals surface area contributed by atoms with Crippen molar-refractivity contribution < 1.29 is 36.7 Å². The number of halogens is 1. The fourth-order valence-corrected chi connectivity index (χ4v) is 7.28. The van der Waals surface area contributed by atoms with Crippen LogP contribution in [-0.4, -0.2) is 36.1 Å². The molecule has 13 heteroatoms. The molecule has 0 spiro atoms. The fraction of sp³-hybridized carbons (Fsp3) is 0.543. The highest BCUT2D eigenvalue weighted by Crippen LogP contribution is 2.58. The Bertz CT molecular complexity index is 1870. The number of nitrogens with zero attached hydrogens (tertiary/aromatic N) is 2.